The highest BCUT2D eigenvalue weighted by atomic mass is 79.9. The largest absolute Gasteiger partial charge is 0.393 e. The van der Waals surface area contributed by atoms with Crippen molar-refractivity contribution in [2.45, 2.75) is 38.3 Å². The lowest BCUT2D eigenvalue weighted by molar-refractivity contribution is 0.0752. The van der Waals surface area contributed by atoms with Crippen LogP contribution in [0.4, 0.5) is 0 Å². The number of hydrogen-bond donors (Lipinski definition) is 1. The number of nitrogens with zero attached hydrogens (tertiary/aromatic N) is 2. The fraction of sp³-hybridized carbons (Fsp3) is 0.643. The van der Waals surface area contributed by atoms with Crippen LogP contribution >= 0.6 is 15.9 Å². The summed E-state index contributed by atoms with van der Waals surface area (Å²) in [6.45, 7) is 3.23. The molecule has 1 aliphatic carbocycles. The fourth-order valence-electron chi connectivity index (χ4n) is 2.80. The Bertz CT molecular complexity index is 494. The van der Waals surface area contributed by atoms with Crippen LogP contribution < -0.4 is 0 Å². The molecular formula is C14H19BrN2O2. The summed E-state index contributed by atoms with van der Waals surface area (Å²) in [7, 11) is 0. The highest BCUT2D eigenvalue weighted by molar-refractivity contribution is 9.10. The number of aliphatic hydroxyl groups excluding tert-OH is 1. The maximum absolute atomic E-state index is 12.6. The predicted molar refractivity (Wildman–Crippen MR) is 76.1 cm³/mol. The standard InChI is InChI=1S/C14H19BrN2O2/c1-9(18)10-4-5-16(7-10)14(19)13-6-11(15)8-17(13)12-2-3-12/h6,8-10,12,18H,2-5,7H2,1H3. The second-order valence-corrected chi connectivity index (χ2v) is 6.64. The van der Waals surface area contributed by atoms with Gasteiger partial charge in [0.25, 0.3) is 5.91 Å². The van der Waals surface area contributed by atoms with Crippen molar-refractivity contribution in [3.63, 3.8) is 0 Å². The molecule has 1 aromatic heterocycles. The average Bonchev–Trinajstić information content (AvgIpc) is 2.95. The van der Waals surface area contributed by atoms with Gasteiger partial charge < -0.3 is 14.6 Å². The van der Waals surface area contributed by atoms with Gasteiger partial charge in [-0.1, -0.05) is 0 Å². The van der Waals surface area contributed by atoms with Crippen molar-refractivity contribution in [2.75, 3.05) is 13.1 Å². The maximum atomic E-state index is 12.6. The Morgan fingerprint density at radius 1 is 1.47 bits per heavy atom. The molecule has 1 saturated carbocycles. The zero-order chi connectivity index (χ0) is 13.6. The number of rotatable bonds is 3. The van der Waals surface area contributed by atoms with Gasteiger partial charge in [-0.3, -0.25) is 4.79 Å². The van der Waals surface area contributed by atoms with E-state index in [4.69, 9.17) is 0 Å². The number of halogens is 1. The number of amides is 1. The maximum Gasteiger partial charge on any atom is 0.270 e. The number of carbonyl (C=O) groups is 1. The molecule has 1 N–H and O–H groups in total. The van der Waals surface area contributed by atoms with Gasteiger partial charge in [-0.05, 0) is 48.2 Å². The van der Waals surface area contributed by atoms with Gasteiger partial charge in [0.15, 0.2) is 0 Å². The van der Waals surface area contributed by atoms with Crippen LogP contribution in [0, 0.1) is 5.92 Å². The minimum absolute atomic E-state index is 0.0979. The van der Waals surface area contributed by atoms with Crippen LogP contribution in [0.1, 0.15) is 42.7 Å². The van der Waals surface area contributed by atoms with E-state index in [2.05, 4.69) is 20.5 Å². The van der Waals surface area contributed by atoms with Crippen LogP contribution in [0.25, 0.3) is 0 Å². The molecular weight excluding hydrogens is 308 g/mol. The Morgan fingerprint density at radius 2 is 2.21 bits per heavy atom. The lowest BCUT2D eigenvalue weighted by Crippen LogP contribution is -2.31. The molecule has 3 rings (SSSR count). The van der Waals surface area contributed by atoms with E-state index in [0.29, 0.717) is 12.6 Å². The summed E-state index contributed by atoms with van der Waals surface area (Å²) in [6.07, 6.45) is 4.90. The molecule has 2 aliphatic rings. The number of aromatic nitrogens is 1. The van der Waals surface area contributed by atoms with E-state index in [-0.39, 0.29) is 17.9 Å². The summed E-state index contributed by atoms with van der Waals surface area (Å²) in [5.74, 6) is 0.317. The molecule has 5 heteroatoms. The summed E-state index contributed by atoms with van der Waals surface area (Å²) < 4.78 is 3.07. The van der Waals surface area contributed by atoms with Crippen LogP contribution in [0.2, 0.25) is 0 Å². The third kappa shape index (κ3) is 2.58. The Labute approximate surface area is 121 Å². The normalized spacial score (nSPS) is 24.8. The Morgan fingerprint density at radius 3 is 2.79 bits per heavy atom. The van der Waals surface area contributed by atoms with E-state index < -0.39 is 0 Å². The first-order chi connectivity index (χ1) is 9.06. The van der Waals surface area contributed by atoms with E-state index in [9.17, 15) is 9.90 Å². The van der Waals surface area contributed by atoms with Crippen molar-refractivity contribution >= 4 is 21.8 Å². The first kappa shape index (κ1) is 13.2. The first-order valence-electron chi connectivity index (χ1n) is 6.91. The summed E-state index contributed by atoms with van der Waals surface area (Å²) in [6, 6.07) is 2.41. The lowest BCUT2D eigenvalue weighted by atomic mass is 10.0. The molecule has 2 atom stereocenters. The first-order valence-corrected chi connectivity index (χ1v) is 7.70. The fourth-order valence-corrected chi connectivity index (χ4v) is 3.24. The van der Waals surface area contributed by atoms with Crippen LogP contribution in [0.3, 0.4) is 0 Å². The van der Waals surface area contributed by atoms with Crippen molar-refractivity contribution in [1.82, 2.24) is 9.47 Å². The minimum Gasteiger partial charge on any atom is -0.393 e. The van der Waals surface area contributed by atoms with E-state index in [1.165, 1.54) is 0 Å². The van der Waals surface area contributed by atoms with E-state index in [1.807, 2.05) is 24.1 Å². The number of likely N-dealkylation sites (tertiary alicyclic amines) is 1. The topological polar surface area (TPSA) is 45.5 Å². The molecule has 1 aliphatic heterocycles. The zero-order valence-corrected chi connectivity index (χ0v) is 12.6. The Balaban J connectivity index is 1.77. The van der Waals surface area contributed by atoms with Crippen LogP contribution in [0.15, 0.2) is 16.7 Å². The minimum atomic E-state index is -0.334. The molecule has 104 valence electrons. The average molecular weight is 327 g/mol. The molecule has 0 radical (unpaired) electrons. The highest BCUT2D eigenvalue weighted by Gasteiger charge is 2.33. The SMILES string of the molecule is CC(O)C1CCN(C(=O)c2cc(Br)cn2C2CC2)C1. The molecule has 1 saturated heterocycles. The van der Waals surface area contributed by atoms with Gasteiger partial charge in [-0.25, -0.2) is 0 Å². The molecule has 1 aromatic rings. The van der Waals surface area contributed by atoms with Gasteiger partial charge in [0.2, 0.25) is 0 Å². The van der Waals surface area contributed by atoms with Gasteiger partial charge in [0, 0.05) is 35.7 Å². The van der Waals surface area contributed by atoms with E-state index in [1.54, 1.807) is 0 Å². The van der Waals surface area contributed by atoms with Gasteiger partial charge >= 0.3 is 0 Å². The molecule has 19 heavy (non-hydrogen) atoms. The van der Waals surface area contributed by atoms with E-state index in [0.717, 1.165) is 36.0 Å². The Hall–Kier alpha value is -0.810. The predicted octanol–water partition coefficient (Wildman–Crippen LogP) is 2.43. The molecule has 0 spiro atoms. The quantitative estimate of drug-likeness (QED) is 0.927. The van der Waals surface area contributed by atoms with Crippen molar-refractivity contribution in [3.8, 4) is 0 Å². The number of carbonyl (C=O) groups excluding carboxylic acids is 1. The highest BCUT2D eigenvalue weighted by Crippen LogP contribution is 2.38. The van der Waals surface area contributed by atoms with Crippen molar-refractivity contribution in [1.29, 1.82) is 0 Å². The van der Waals surface area contributed by atoms with Crippen LogP contribution in [-0.4, -0.2) is 39.7 Å². The van der Waals surface area contributed by atoms with Crippen molar-refractivity contribution in [3.05, 3.63) is 22.4 Å². The summed E-state index contributed by atoms with van der Waals surface area (Å²) in [4.78, 5) is 14.5. The van der Waals surface area contributed by atoms with Crippen LogP contribution in [-0.2, 0) is 0 Å². The monoisotopic (exact) mass is 326 g/mol. The van der Waals surface area contributed by atoms with Crippen molar-refractivity contribution < 1.29 is 9.90 Å². The van der Waals surface area contributed by atoms with Gasteiger partial charge in [0.1, 0.15) is 5.69 Å². The van der Waals surface area contributed by atoms with Gasteiger partial charge in [-0.15, -0.1) is 0 Å². The van der Waals surface area contributed by atoms with Crippen molar-refractivity contribution in [2.24, 2.45) is 5.92 Å². The number of hydrogen-bond acceptors (Lipinski definition) is 2. The number of aliphatic hydroxyl groups is 1. The smallest absolute Gasteiger partial charge is 0.270 e. The second kappa shape index (κ2) is 4.94. The van der Waals surface area contributed by atoms with Crippen LogP contribution in [0.5, 0.6) is 0 Å². The molecule has 0 bridgehead atoms. The van der Waals surface area contributed by atoms with Gasteiger partial charge in [-0.2, -0.15) is 0 Å². The summed E-state index contributed by atoms with van der Waals surface area (Å²) in [5.41, 5.74) is 0.778. The molecule has 0 aromatic carbocycles. The summed E-state index contributed by atoms with van der Waals surface area (Å²) in [5, 5.41) is 9.63. The van der Waals surface area contributed by atoms with E-state index >= 15 is 0 Å². The summed E-state index contributed by atoms with van der Waals surface area (Å²) >= 11 is 3.46. The second-order valence-electron chi connectivity index (χ2n) is 5.72. The molecule has 1 amide bonds. The molecule has 2 fully saturated rings. The zero-order valence-electron chi connectivity index (χ0n) is 11.1. The molecule has 4 nitrogen and oxygen atoms in total. The lowest BCUT2D eigenvalue weighted by Gasteiger charge is -2.18. The molecule has 2 heterocycles. The third-order valence-corrected chi connectivity index (χ3v) is 4.60. The third-order valence-electron chi connectivity index (χ3n) is 4.17. The van der Waals surface area contributed by atoms with Gasteiger partial charge in [0.05, 0.1) is 6.10 Å². The Kier molecular flexibility index (Phi) is 3.43. The molecule has 2 unspecified atom stereocenters.